The maximum Gasteiger partial charge on any atom is -0.0443 e. The zero-order valence-corrected chi connectivity index (χ0v) is 29.4. The molecule has 0 aliphatic heterocycles. The molecule has 0 aliphatic carbocycles. The highest BCUT2D eigenvalue weighted by Crippen LogP contribution is 2.22. The standard InChI is InChI=1S/C40H82/c1-6-8-10-12-13-14-15-16-17-18-19-20-21-22-23-27-33-39(4)35-29-25-31-37-40(5)36-30-24-28-34-38(3)32-26-11-9-7-2/h38-40H,6-37H2,1-5H3. The highest BCUT2D eigenvalue weighted by Gasteiger charge is 2.06. The Bertz CT molecular complexity index is 439. The van der Waals surface area contributed by atoms with E-state index in [2.05, 4.69) is 34.6 Å². The van der Waals surface area contributed by atoms with Crippen LogP contribution in [0.5, 0.6) is 0 Å². The first kappa shape index (κ1) is 40.0. The van der Waals surface area contributed by atoms with Gasteiger partial charge in [0.15, 0.2) is 0 Å². The van der Waals surface area contributed by atoms with Crippen LogP contribution in [0.2, 0.25) is 0 Å². The van der Waals surface area contributed by atoms with Gasteiger partial charge in [0.2, 0.25) is 0 Å². The van der Waals surface area contributed by atoms with Crippen molar-refractivity contribution in [2.45, 2.75) is 240 Å². The zero-order valence-electron chi connectivity index (χ0n) is 29.4. The third-order valence-electron chi connectivity index (χ3n) is 9.89. The molecule has 0 aromatic carbocycles. The molecule has 0 N–H and O–H groups in total. The Morgan fingerprint density at radius 1 is 0.225 bits per heavy atom. The molecular formula is C40H82. The number of hydrogen-bond donors (Lipinski definition) is 0. The van der Waals surface area contributed by atoms with Gasteiger partial charge in [0.1, 0.15) is 0 Å². The predicted molar refractivity (Wildman–Crippen MR) is 187 cm³/mol. The smallest absolute Gasteiger partial charge is 0.0443 e. The average Bonchev–Trinajstić information content (AvgIpc) is 2.94. The minimum Gasteiger partial charge on any atom is -0.0654 e. The molecule has 0 rings (SSSR count). The van der Waals surface area contributed by atoms with Crippen LogP contribution in [0.25, 0.3) is 0 Å². The van der Waals surface area contributed by atoms with Crippen molar-refractivity contribution in [1.29, 1.82) is 0 Å². The Morgan fingerprint density at radius 2 is 0.375 bits per heavy atom. The second-order valence-electron chi connectivity index (χ2n) is 14.5. The molecular weight excluding hydrogens is 480 g/mol. The van der Waals surface area contributed by atoms with Crippen LogP contribution in [0.3, 0.4) is 0 Å². The van der Waals surface area contributed by atoms with E-state index in [9.17, 15) is 0 Å². The molecule has 0 radical (unpaired) electrons. The summed E-state index contributed by atoms with van der Waals surface area (Å²) >= 11 is 0. The summed E-state index contributed by atoms with van der Waals surface area (Å²) < 4.78 is 0. The Balaban J connectivity index is 3.30. The fourth-order valence-corrected chi connectivity index (χ4v) is 6.72. The van der Waals surface area contributed by atoms with Crippen LogP contribution < -0.4 is 0 Å². The van der Waals surface area contributed by atoms with Crippen LogP contribution >= 0.6 is 0 Å². The van der Waals surface area contributed by atoms with E-state index in [1.54, 1.807) is 0 Å². The summed E-state index contributed by atoms with van der Waals surface area (Å²) in [5.41, 5.74) is 0. The van der Waals surface area contributed by atoms with Gasteiger partial charge in [-0.2, -0.15) is 0 Å². The zero-order chi connectivity index (χ0) is 29.4. The lowest BCUT2D eigenvalue weighted by molar-refractivity contribution is 0.398. The minimum atomic E-state index is 0.953. The summed E-state index contributed by atoms with van der Waals surface area (Å²) in [5.74, 6) is 2.87. The first-order chi connectivity index (χ1) is 19.6. The van der Waals surface area contributed by atoms with Crippen molar-refractivity contribution < 1.29 is 0 Å². The van der Waals surface area contributed by atoms with E-state index in [0.29, 0.717) is 0 Å². The topological polar surface area (TPSA) is 0 Å². The Kier molecular flexibility index (Phi) is 33.5. The Hall–Kier alpha value is 0. The van der Waals surface area contributed by atoms with Crippen LogP contribution in [0, 0.1) is 17.8 Å². The van der Waals surface area contributed by atoms with E-state index in [4.69, 9.17) is 0 Å². The van der Waals surface area contributed by atoms with Crippen molar-refractivity contribution in [3.05, 3.63) is 0 Å². The first-order valence-corrected chi connectivity index (χ1v) is 19.6. The summed E-state index contributed by atoms with van der Waals surface area (Å²) in [6.07, 6.45) is 47.0. The fourth-order valence-electron chi connectivity index (χ4n) is 6.72. The molecule has 0 spiro atoms. The van der Waals surface area contributed by atoms with Crippen molar-refractivity contribution in [2.75, 3.05) is 0 Å². The van der Waals surface area contributed by atoms with Crippen LogP contribution in [0.1, 0.15) is 240 Å². The second-order valence-corrected chi connectivity index (χ2v) is 14.5. The van der Waals surface area contributed by atoms with E-state index in [1.807, 2.05) is 0 Å². The van der Waals surface area contributed by atoms with Gasteiger partial charge >= 0.3 is 0 Å². The average molecular weight is 563 g/mol. The summed E-state index contributed by atoms with van der Waals surface area (Å²) in [4.78, 5) is 0. The van der Waals surface area contributed by atoms with Gasteiger partial charge in [-0.15, -0.1) is 0 Å². The molecule has 242 valence electrons. The van der Waals surface area contributed by atoms with E-state index in [-0.39, 0.29) is 0 Å². The normalized spacial score (nSPS) is 14.0. The lowest BCUT2D eigenvalue weighted by Crippen LogP contribution is -1.98. The Labute approximate surface area is 257 Å². The second kappa shape index (κ2) is 33.5. The minimum absolute atomic E-state index is 0.953. The van der Waals surface area contributed by atoms with Gasteiger partial charge in [0, 0.05) is 0 Å². The number of unbranched alkanes of at least 4 members (excludes halogenated alkanes) is 22. The molecule has 3 atom stereocenters. The van der Waals surface area contributed by atoms with Crippen molar-refractivity contribution in [3.63, 3.8) is 0 Å². The largest absolute Gasteiger partial charge is 0.0654 e. The number of rotatable bonds is 34. The first-order valence-electron chi connectivity index (χ1n) is 19.6. The molecule has 0 saturated heterocycles. The van der Waals surface area contributed by atoms with Crippen molar-refractivity contribution in [1.82, 2.24) is 0 Å². The molecule has 0 bridgehead atoms. The third kappa shape index (κ3) is 32.5. The molecule has 0 aromatic rings. The lowest BCUT2D eigenvalue weighted by atomic mass is 9.92. The van der Waals surface area contributed by atoms with E-state index >= 15 is 0 Å². The molecule has 40 heavy (non-hydrogen) atoms. The van der Waals surface area contributed by atoms with Crippen LogP contribution in [0.4, 0.5) is 0 Å². The van der Waals surface area contributed by atoms with E-state index in [0.717, 1.165) is 17.8 Å². The Morgan fingerprint density at radius 3 is 0.600 bits per heavy atom. The molecule has 0 fully saturated rings. The predicted octanol–water partition coefficient (Wildman–Crippen LogP) is 15.4. The molecule has 0 amide bonds. The van der Waals surface area contributed by atoms with Gasteiger partial charge < -0.3 is 0 Å². The molecule has 0 heterocycles. The van der Waals surface area contributed by atoms with Gasteiger partial charge in [-0.05, 0) is 17.8 Å². The summed E-state index contributed by atoms with van der Waals surface area (Å²) in [7, 11) is 0. The van der Waals surface area contributed by atoms with Crippen LogP contribution in [-0.4, -0.2) is 0 Å². The van der Waals surface area contributed by atoms with E-state index < -0.39 is 0 Å². The van der Waals surface area contributed by atoms with E-state index in [1.165, 1.54) is 205 Å². The molecule has 0 aromatic heterocycles. The highest BCUT2D eigenvalue weighted by atomic mass is 14.1. The van der Waals surface area contributed by atoms with Gasteiger partial charge in [-0.3, -0.25) is 0 Å². The quantitative estimate of drug-likeness (QED) is 0.0684. The number of hydrogen-bond acceptors (Lipinski definition) is 0. The summed E-state index contributed by atoms with van der Waals surface area (Å²) in [5, 5.41) is 0. The van der Waals surface area contributed by atoms with Gasteiger partial charge in [-0.25, -0.2) is 0 Å². The van der Waals surface area contributed by atoms with Crippen molar-refractivity contribution >= 4 is 0 Å². The molecule has 3 unspecified atom stereocenters. The van der Waals surface area contributed by atoms with Crippen LogP contribution in [-0.2, 0) is 0 Å². The molecule has 0 nitrogen and oxygen atoms in total. The lowest BCUT2D eigenvalue weighted by Gasteiger charge is -2.14. The summed E-state index contributed by atoms with van der Waals surface area (Å²) in [6.45, 7) is 12.1. The molecule has 0 aliphatic rings. The third-order valence-corrected chi connectivity index (χ3v) is 9.89. The maximum absolute atomic E-state index is 2.51. The fraction of sp³-hybridized carbons (Fsp3) is 1.00. The summed E-state index contributed by atoms with van der Waals surface area (Å²) in [6, 6.07) is 0. The van der Waals surface area contributed by atoms with Crippen LogP contribution in [0.15, 0.2) is 0 Å². The van der Waals surface area contributed by atoms with Gasteiger partial charge in [-0.1, -0.05) is 240 Å². The monoisotopic (exact) mass is 563 g/mol. The molecule has 0 saturated carbocycles. The maximum atomic E-state index is 2.51. The molecule has 0 heteroatoms. The van der Waals surface area contributed by atoms with Gasteiger partial charge in [0.25, 0.3) is 0 Å². The van der Waals surface area contributed by atoms with Crippen molar-refractivity contribution in [2.24, 2.45) is 17.8 Å². The van der Waals surface area contributed by atoms with Gasteiger partial charge in [0.05, 0.1) is 0 Å². The van der Waals surface area contributed by atoms with Crippen molar-refractivity contribution in [3.8, 4) is 0 Å². The highest BCUT2D eigenvalue weighted by molar-refractivity contribution is 4.60. The SMILES string of the molecule is CCCCCCCCCCCCCCCCCCC(C)CCCCCC(C)CCCCCC(C)CCCCCC.